The molecule has 16 aromatic rings. The van der Waals surface area contributed by atoms with Crippen LogP contribution in [0.5, 0.6) is 0 Å². The van der Waals surface area contributed by atoms with Crippen molar-refractivity contribution in [2.75, 3.05) is 4.90 Å². The van der Waals surface area contributed by atoms with Crippen molar-refractivity contribution >= 4 is 117 Å². The molecule has 2 aliphatic heterocycles. The van der Waals surface area contributed by atoms with Gasteiger partial charge in [-0.05, 0) is 128 Å². The Kier molecular flexibility index (Phi) is 8.23. The van der Waals surface area contributed by atoms with Crippen molar-refractivity contribution in [3.8, 4) is 55.9 Å². The highest BCUT2D eigenvalue weighted by Crippen LogP contribution is 2.53. The van der Waals surface area contributed by atoms with Gasteiger partial charge in [0.05, 0.1) is 49.7 Å². The molecule has 0 bridgehead atoms. The van der Waals surface area contributed by atoms with Crippen LogP contribution in [0, 0.1) is 0 Å². The number of benzene rings is 13. The van der Waals surface area contributed by atoms with E-state index in [2.05, 4.69) is 117 Å². The first-order chi connectivity index (χ1) is 49.9. The number of nitrogens with zero attached hydrogens (tertiary/aromatic N) is 3. The number of furan rings is 1. The van der Waals surface area contributed by atoms with E-state index in [1.807, 2.05) is 97.1 Å². The van der Waals surface area contributed by atoms with Crippen LogP contribution in [0.25, 0.3) is 121 Å². The van der Waals surface area contributed by atoms with Crippen LogP contribution in [0.15, 0.2) is 299 Å². The minimum absolute atomic E-state index is 0.0185. The Morgan fingerprint density at radius 2 is 0.932 bits per heavy atom. The molecule has 0 amide bonds. The summed E-state index contributed by atoms with van der Waals surface area (Å²) in [5, 5.41) is 1.58. The maximum atomic E-state index is 9.74. The SMILES string of the molecule is [2H]c1c([2H])c([2H])c2c(c1[2H])c1c([2H])c([2H])c([2H])c([2H])c1n2-c1ccc2c(c1)Sc1cc(-c3ccc(C(C)(C)C)cc3)cc3c1B2c1ccc(-n2c4c([2H])c([2H])c([2H])c([2H])c4c4c([2H])c([2H])c([2H])c([2H])c42)cc1N3c1c(-c2ccccc2)cc(-c2ccccc2)cc1-c1cccc2c1oc1ccccc12. The van der Waals surface area contributed by atoms with Gasteiger partial charge in [0.1, 0.15) is 11.2 Å². The van der Waals surface area contributed by atoms with Crippen LogP contribution in [0.4, 0.5) is 17.1 Å². The van der Waals surface area contributed by atoms with Gasteiger partial charge in [0.25, 0.3) is 0 Å². The van der Waals surface area contributed by atoms with Gasteiger partial charge >= 0.3 is 0 Å². The van der Waals surface area contributed by atoms with E-state index in [1.54, 1.807) is 4.57 Å². The van der Waals surface area contributed by atoms with Crippen molar-refractivity contribution in [3.63, 3.8) is 0 Å². The quantitative estimate of drug-likeness (QED) is 0.149. The van der Waals surface area contributed by atoms with E-state index in [0.29, 0.717) is 28.2 Å². The summed E-state index contributed by atoms with van der Waals surface area (Å²) in [5.74, 6) is 0. The minimum Gasteiger partial charge on any atom is -0.455 e. The maximum absolute atomic E-state index is 9.74. The van der Waals surface area contributed by atoms with Gasteiger partial charge in [-0.2, -0.15) is 0 Å². The Labute approximate surface area is 537 Å². The van der Waals surface area contributed by atoms with Crippen molar-refractivity contribution in [2.45, 2.75) is 36.0 Å². The van der Waals surface area contributed by atoms with Gasteiger partial charge in [-0.3, -0.25) is 0 Å². The largest absolute Gasteiger partial charge is 0.455 e. The van der Waals surface area contributed by atoms with E-state index >= 15 is 0 Å². The Morgan fingerprint density at radius 3 is 1.57 bits per heavy atom. The molecule has 0 atom stereocenters. The molecule has 6 heteroatoms. The van der Waals surface area contributed by atoms with E-state index in [0.717, 1.165) is 98.4 Å². The lowest BCUT2D eigenvalue weighted by Crippen LogP contribution is -2.60. The van der Waals surface area contributed by atoms with Crippen LogP contribution in [-0.2, 0) is 5.41 Å². The molecule has 0 fully saturated rings. The molecule has 18 rings (SSSR count). The van der Waals surface area contributed by atoms with Crippen molar-refractivity contribution in [2.24, 2.45) is 0 Å². The molecule has 4 nitrogen and oxygen atoms in total. The fraction of sp³-hybridized carbons (Fsp3) is 0.0488. The van der Waals surface area contributed by atoms with Crippen LogP contribution in [0.3, 0.4) is 0 Å². The van der Waals surface area contributed by atoms with Crippen molar-refractivity contribution < 1.29 is 26.3 Å². The second-order valence-corrected chi connectivity index (χ2v) is 24.7. The van der Waals surface area contributed by atoms with E-state index in [1.165, 1.54) is 16.3 Å². The van der Waals surface area contributed by atoms with Gasteiger partial charge in [0, 0.05) is 81.5 Å². The number of fused-ring (bicyclic) bond motifs is 13. The highest BCUT2D eigenvalue weighted by atomic mass is 32.2. The van der Waals surface area contributed by atoms with Gasteiger partial charge in [-0.15, -0.1) is 0 Å². The van der Waals surface area contributed by atoms with Gasteiger partial charge < -0.3 is 18.5 Å². The maximum Gasteiger partial charge on any atom is 0.249 e. The lowest BCUT2D eigenvalue weighted by atomic mass is 9.34. The summed E-state index contributed by atoms with van der Waals surface area (Å²) in [6.07, 6.45) is 0. The number of anilines is 3. The van der Waals surface area contributed by atoms with Crippen molar-refractivity contribution in [1.29, 1.82) is 0 Å². The lowest BCUT2D eigenvalue weighted by molar-refractivity contribution is 0.590. The summed E-state index contributed by atoms with van der Waals surface area (Å²) >= 11 is 1.50. The van der Waals surface area contributed by atoms with E-state index in [4.69, 9.17) is 12.6 Å². The van der Waals surface area contributed by atoms with E-state index in [-0.39, 0.29) is 49.0 Å². The molecule has 414 valence electrons. The first-order valence-corrected chi connectivity index (χ1v) is 30.0. The molecule has 2 aliphatic rings. The summed E-state index contributed by atoms with van der Waals surface area (Å²) < 4.78 is 158. The van der Waals surface area contributed by atoms with Crippen LogP contribution in [-0.4, -0.2) is 15.8 Å². The molecule has 0 saturated heterocycles. The monoisotopic (exact) mass is 1160 g/mol. The molecule has 0 aliphatic carbocycles. The molecule has 0 saturated carbocycles. The minimum atomic E-state index is -0.644. The van der Waals surface area contributed by atoms with E-state index < -0.39 is 103 Å². The van der Waals surface area contributed by atoms with Crippen molar-refractivity contribution in [3.05, 3.63) is 290 Å². The van der Waals surface area contributed by atoms with Crippen molar-refractivity contribution in [1.82, 2.24) is 9.13 Å². The third-order valence-corrected chi connectivity index (χ3v) is 18.8. The molecule has 88 heavy (non-hydrogen) atoms. The highest BCUT2D eigenvalue weighted by Gasteiger charge is 2.43. The zero-order valence-electron chi connectivity index (χ0n) is 63.6. The van der Waals surface area contributed by atoms with Gasteiger partial charge in [-0.25, -0.2) is 0 Å². The molecular formula is C82H56BN3OS. The average molecular weight is 1160 g/mol. The Morgan fingerprint density at radius 1 is 0.398 bits per heavy atom. The second kappa shape index (κ2) is 19.5. The topological polar surface area (TPSA) is 26.2 Å². The van der Waals surface area contributed by atoms with Crippen LogP contribution < -0.4 is 21.3 Å². The van der Waals surface area contributed by atoms with E-state index in [9.17, 15) is 13.7 Å². The second-order valence-electron chi connectivity index (χ2n) is 23.6. The molecular weight excluding hydrogens is 1090 g/mol. The molecule has 3 aromatic heterocycles. The summed E-state index contributed by atoms with van der Waals surface area (Å²) in [7, 11) is 0. The zero-order chi connectivity index (χ0) is 72.3. The summed E-state index contributed by atoms with van der Waals surface area (Å²) in [5.41, 5.74) is 14.1. The molecule has 13 aromatic carbocycles. The molecule has 0 radical (unpaired) electrons. The molecule has 0 unspecified atom stereocenters. The summed E-state index contributed by atoms with van der Waals surface area (Å²) in [6, 6.07) is 55.3. The highest BCUT2D eigenvalue weighted by molar-refractivity contribution is 8.00. The molecule has 0 N–H and O–H groups in total. The van der Waals surface area contributed by atoms with Gasteiger partial charge in [0.2, 0.25) is 6.71 Å². The third-order valence-electron chi connectivity index (χ3n) is 17.6. The number of hydrogen-bond acceptors (Lipinski definition) is 3. The van der Waals surface area contributed by atoms with Crippen LogP contribution in [0.2, 0.25) is 0 Å². The Hall–Kier alpha value is -10.5. The average Bonchev–Trinajstić information content (AvgIpc) is 1.50. The number of aromatic nitrogens is 2. The number of para-hydroxylation sites is 6. The third kappa shape index (κ3) is 7.75. The normalized spacial score (nSPS) is 15.4. The first kappa shape index (κ1) is 37.1. The molecule has 0 spiro atoms. The fourth-order valence-corrected chi connectivity index (χ4v) is 14.8. The molecule has 5 heterocycles. The summed E-state index contributed by atoms with van der Waals surface area (Å²) in [4.78, 5) is 3.84. The Balaban J connectivity index is 1.01. The predicted molar refractivity (Wildman–Crippen MR) is 373 cm³/mol. The number of rotatable bonds is 7. The smallest absolute Gasteiger partial charge is 0.249 e. The summed E-state index contributed by atoms with van der Waals surface area (Å²) in [6.45, 7) is 5.86. The van der Waals surface area contributed by atoms with Gasteiger partial charge in [0.15, 0.2) is 0 Å². The van der Waals surface area contributed by atoms with Crippen LogP contribution >= 0.6 is 11.8 Å². The number of hydrogen-bond donors (Lipinski definition) is 0. The first-order valence-electron chi connectivity index (χ1n) is 37.2. The predicted octanol–water partition coefficient (Wildman–Crippen LogP) is 20.5. The van der Waals surface area contributed by atoms with Gasteiger partial charge in [-0.1, -0.05) is 244 Å². The Bertz CT molecular complexity index is 6370. The standard InChI is InChI=1S/C82H56BN3OS/c1-82(2,3)56-39-37-52(38-40-56)55-47-75-79-78(48-55)88-77-50-58(85-72-34-17-12-27-61(72)62-28-13-18-35-73(62)85)42-44-69(77)83(79)68-43-41-57(84-70-32-15-10-25-59(70)60-26-11-16-33-71(60)84)49-74(68)86(75)80-66(53-23-8-5-9-24-53)45-54(51-21-6-4-7-22-51)46-67(80)65-31-20-30-64-63-29-14-19-36-76(63)87-81(64)65/h4-50H,1-3H3/i10D,11D,12D,13D,15D,16D,17D,18D,25D,26D,27D,28D,32D,33D,34D,35D. The lowest BCUT2D eigenvalue weighted by Gasteiger charge is -2.42. The van der Waals surface area contributed by atoms with Crippen LogP contribution in [0.1, 0.15) is 48.3 Å². The zero-order valence-corrected chi connectivity index (χ0v) is 48.4. The fourth-order valence-electron chi connectivity index (χ4n) is 13.6.